The number of benzene rings is 3. The molecule has 0 aromatic heterocycles. The van der Waals surface area contributed by atoms with Gasteiger partial charge >= 0.3 is 0 Å². The predicted octanol–water partition coefficient (Wildman–Crippen LogP) is 4.47. The highest BCUT2D eigenvalue weighted by atomic mass is 79.9. The summed E-state index contributed by atoms with van der Waals surface area (Å²) in [5, 5.41) is 6.74. The molecule has 3 aromatic rings. The van der Waals surface area contributed by atoms with Gasteiger partial charge in [0, 0.05) is 21.3 Å². The van der Waals surface area contributed by atoms with E-state index in [1.165, 1.54) is 0 Å². The molecule has 0 fully saturated rings. The number of amides is 2. The molecule has 0 heterocycles. The summed E-state index contributed by atoms with van der Waals surface area (Å²) in [6.07, 6.45) is 1.57. The molecular weight excluding hydrogens is 406 g/mol. The molecule has 0 unspecified atom stereocenters. The molecule has 27 heavy (non-hydrogen) atoms. The second-order valence-corrected chi connectivity index (χ2v) is 6.57. The van der Waals surface area contributed by atoms with E-state index in [1.54, 1.807) is 54.7 Å². The Balaban J connectivity index is 1.58. The summed E-state index contributed by atoms with van der Waals surface area (Å²) in [7, 11) is 0. The van der Waals surface area contributed by atoms with Crippen molar-refractivity contribution >= 4 is 39.6 Å². The second-order valence-electron chi connectivity index (χ2n) is 5.65. The van der Waals surface area contributed by atoms with Gasteiger partial charge in [-0.15, -0.1) is 0 Å². The number of hydrazone groups is 1. The van der Waals surface area contributed by atoms with E-state index >= 15 is 0 Å². The summed E-state index contributed by atoms with van der Waals surface area (Å²) in [5.74, 6) is -0.534. The first-order chi connectivity index (χ1) is 13.1. The minimum atomic E-state index is -0.331. The average Bonchev–Trinajstić information content (AvgIpc) is 2.69. The van der Waals surface area contributed by atoms with Crippen molar-refractivity contribution in [3.8, 4) is 0 Å². The summed E-state index contributed by atoms with van der Waals surface area (Å²) >= 11 is 3.38. The normalized spacial score (nSPS) is 10.6. The first kappa shape index (κ1) is 18.5. The maximum atomic E-state index is 12.1. The van der Waals surface area contributed by atoms with Crippen LogP contribution in [0.5, 0.6) is 0 Å². The van der Waals surface area contributed by atoms with Crippen LogP contribution in [0.2, 0.25) is 0 Å². The van der Waals surface area contributed by atoms with E-state index in [4.69, 9.17) is 0 Å². The SMILES string of the molecule is O=C(N/N=C/c1cccc(Br)c1)c1ccc(NC(=O)c2ccccc2)cc1. The Morgan fingerprint density at radius 2 is 1.52 bits per heavy atom. The van der Waals surface area contributed by atoms with Gasteiger partial charge in [-0.1, -0.05) is 46.3 Å². The molecule has 6 heteroatoms. The molecule has 0 bridgehead atoms. The molecule has 5 nitrogen and oxygen atoms in total. The number of anilines is 1. The van der Waals surface area contributed by atoms with Gasteiger partial charge in [-0.3, -0.25) is 9.59 Å². The molecule has 0 saturated carbocycles. The monoisotopic (exact) mass is 421 g/mol. The molecule has 0 spiro atoms. The first-order valence-corrected chi connectivity index (χ1v) is 8.96. The standard InChI is InChI=1S/C21H16BrN3O2/c22-18-8-4-5-15(13-18)14-23-25-21(27)17-9-11-19(12-10-17)24-20(26)16-6-2-1-3-7-16/h1-14H,(H,24,26)(H,25,27)/b23-14+. The van der Waals surface area contributed by atoms with Gasteiger partial charge in [-0.05, 0) is 54.1 Å². The number of carbonyl (C=O) groups excluding carboxylic acids is 2. The van der Waals surface area contributed by atoms with E-state index in [0.29, 0.717) is 16.8 Å². The van der Waals surface area contributed by atoms with Crippen LogP contribution in [0, 0.1) is 0 Å². The topological polar surface area (TPSA) is 70.6 Å². The van der Waals surface area contributed by atoms with Crippen molar-refractivity contribution in [2.24, 2.45) is 5.10 Å². The van der Waals surface area contributed by atoms with Gasteiger partial charge in [-0.2, -0.15) is 5.10 Å². The Hall–Kier alpha value is -3.25. The number of halogens is 1. The van der Waals surface area contributed by atoms with Crippen LogP contribution in [-0.4, -0.2) is 18.0 Å². The fourth-order valence-electron chi connectivity index (χ4n) is 2.31. The summed E-state index contributed by atoms with van der Waals surface area (Å²) in [6.45, 7) is 0. The van der Waals surface area contributed by atoms with Crippen molar-refractivity contribution in [3.63, 3.8) is 0 Å². The Bertz CT molecular complexity index is 970. The molecular formula is C21H16BrN3O2. The Morgan fingerprint density at radius 1 is 0.815 bits per heavy atom. The Labute approximate surface area is 165 Å². The molecule has 0 aliphatic heterocycles. The van der Waals surface area contributed by atoms with Crippen LogP contribution in [0.4, 0.5) is 5.69 Å². The maximum absolute atomic E-state index is 12.1. The lowest BCUT2D eigenvalue weighted by atomic mass is 10.1. The number of rotatable bonds is 5. The van der Waals surface area contributed by atoms with Crippen LogP contribution < -0.4 is 10.7 Å². The molecule has 0 saturated heterocycles. The minimum absolute atomic E-state index is 0.202. The van der Waals surface area contributed by atoms with Crippen LogP contribution in [0.1, 0.15) is 26.3 Å². The fourth-order valence-corrected chi connectivity index (χ4v) is 2.73. The second kappa shape index (κ2) is 8.91. The molecule has 2 N–H and O–H groups in total. The zero-order valence-corrected chi connectivity index (χ0v) is 15.8. The van der Waals surface area contributed by atoms with Gasteiger partial charge in [-0.25, -0.2) is 5.43 Å². The molecule has 3 rings (SSSR count). The fraction of sp³-hybridized carbons (Fsp3) is 0. The van der Waals surface area contributed by atoms with Gasteiger partial charge in [0.05, 0.1) is 6.21 Å². The molecule has 0 aliphatic rings. The first-order valence-electron chi connectivity index (χ1n) is 8.17. The summed E-state index contributed by atoms with van der Waals surface area (Å²) in [6, 6.07) is 23.1. The van der Waals surface area contributed by atoms with Crippen molar-refractivity contribution in [1.29, 1.82) is 0 Å². The highest BCUT2D eigenvalue weighted by molar-refractivity contribution is 9.10. The van der Waals surface area contributed by atoms with Crippen molar-refractivity contribution in [2.45, 2.75) is 0 Å². The van der Waals surface area contributed by atoms with E-state index < -0.39 is 0 Å². The number of hydrogen-bond acceptors (Lipinski definition) is 3. The van der Waals surface area contributed by atoms with Gasteiger partial charge in [0.25, 0.3) is 11.8 Å². The van der Waals surface area contributed by atoms with E-state index in [2.05, 4.69) is 31.8 Å². The van der Waals surface area contributed by atoms with E-state index in [0.717, 1.165) is 10.0 Å². The number of nitrogens with zero attached hydrogens (tertiary/aromatic N) is 1. The van der Waals surface area contributed by atoms with E-state index in [-0.39, 0.29) is 11.8 Å². The van der Waals surface area contributed by atoms with E-state index in [9.17, 15) is 9.59 Å². The molecule has 3 aromatic carbocycles. The largest absolute Gasteiger partial charge is 0.322 e. The van der Waals surface area contributed by atoms with Crippen molar-refractivity contribution < 1.29 is 9.59 Å². The average molecular weight is 422 g/mol. The third-order valence-corrected chi connectivity index (χ3v) is 4.16. The molecule has 2 amide bonds. The molecule has 0 aliphatic carbocycles. The molecule has 0 radical (unpaired) electrons. The van der Waals surface area contributed by atoms with Crippen molar-refractivity contribution in [3.05, 3.63) is 100 Å². The minimum Gasteiger partial charge on any atom is -0.322 e. The lowest BCUT2D eigenvalue weighted by Crippen LogP contribution is -2.17. The quantitative estimate of drug-likeness (QED) is 0.471. The Kier molecular flexibility index (Phi) is 6.12. The van der Waals surface area contributed by atoms with Crippen LogP contribution in [-0.2, 0) is 0 Å². The van der Waals surface area contributed by atoms with Crippen LogP contribution in [0.25, 0.3) is 0 Å². The summed E-state index contributed by atoms with van der Waals surface area (Å²) in [5.41, 5.74) is 4.97. The maximum Gasteiger partial charge on any atom is 0.271 e. The number of nitrogens with one attached hydrogen (secondary N) is 2. The highest BCUT2D eigenvalue weighted by Gasteiger charge is 2.07. The number of carbonyl (C=O) groups is 2. The van der Waals surface area contributed by atoms with Gasteiger partial charge in [0.15, 0.2) is 0 Å². The van der Waals surface area contributed by atoms with Crippen LogP contribution >= 0.6 is 15.9 Å². The van der Waals surface area contributed by atoms with Crippen LogP contribution in [0.15, 0.2) is 88.4 Å². The van der Waals surface area contributed by atoms with Crippen molar-refractivity contribution in [1.82, 2.24) is 5.43 Å². The predicted molar refractivity (Wildman–Crippen MR) is 110 cm³/mol. The third kappa shape index (κ3) is 5.36. The summed E-state index contributed by atoms with van der Waals surface area (Å²) in [4.78, 5) is 24.3. The zero-order chi connectivity index (χ0) is 19.1. The lowest BCUT2D eigenvalue weighted by molar-refractivity contribution is 0.0954. The van der Waals surface area contributed by atoms with Crippen molar-refractivity contribution in [2.75, 3.05) is 5.32 Å². The zero-order valence-electron chi connectivity index (χ0n) is 14.2. The van der Waals surface area contributed by atoms with Gasteiger partial charge in [0.1, 0.15) is 0 Å². The summed E-state index contributed by atoms with van der Waals surface area (Å²) < 4.78 is 0.936. The Morgan fingerprint density at radius 3 is 2.22 bits per heavy atom. The van der Waals surface area contributed by atoms with Gasteiger partial charge in [0.2, 0.25) is 0 Å². The van der Waals surface area contributed by atoms with E-state index in [1.807, 2.05) is 30.3 Å². The van der Waals surface area contributed by atoms with Gasteiger partial charge < -0.3 is 5.32 Å². The third-order valence-electron chi connectivity index (χ3n) is 3.67. The lowest BCUT2D eigenvalue weighted by Gasteiger charge is -2.06. The van der Waals surface area contributed by atoms with Crippen LogP contribution in [0.3, 0.4) is 0 Å². The molecule has 134 valence electrons. The molecule has 0 atom stereocenters. The highest BCUT2D eigenvalue weighted by Crippen LogP contribution is 2.12. The number of hydrogen-bond donors (Lipinski definition) is 2. The smallest absolute Gasteiger partial charge is 0.271 e.